The summed E-state index contributed by atoms with van der Waals surface area (Å²) in [5.74, 6) is -0.0845. The number of aryl methyl sites for hydroxylation is 2. The number of anilines is 3. The standard InChI is InChI=1S/C32H32N6O3/c1-37-29(20-27(36-37)22-12-4-2-5-13-22)35-32(41)24-21-38(28-17-10-7-14-23(28)31(24)40)19-11-3-6-18-30(39)34-26-16-9-8-15-25(26)33/h2,4-5,7-10,12-17,20-21H,3,6,11,18-19,33H2,1H3,(H,34,39)(H,35,41). The molecule has 2 amide bonds. The van der Waals surface area contributed by atoms with Crippen LogP contribution >= 0.6 is 0 Å². The van der Waals surface area contributed by atoms with Gasteiger partial charge in [0.05, 0.1) is 22.6 Å². The quantitative estimate of drug-likeness (QED) is 0.158. The zero-order valence-electron chi connectivity index (χ0n) is 22.8. The van der Waals surface area contributed by atoms with Crippen LogP contribution in [0, 0.1) is 0 Å². The van der Waals surface area contributed by atoms with Crippen molar-refractivity contribution in [2.75, 3.05) is 16.4 Å². The molecule has 0 unspecified atom stereocenters. The number of hydrogen-bond donors (Lipinski definition) is 3. The number of nitrogens with zero attached hydrogens (tertiary/aromatic N) is 3. The summed E-state index contributed by atoms with van der Waals surface area (Å²) in [4.78, 5) is 39.0. The zero-order chi connectivity index (χ0) is 28.8. The molecular weight excluding hydrogens is 516 g/mol. The number of para-hydroxylation sites is 3. The third kappa shape index (κ3) is 6.36. The zero-order valence-corrected chi connectivity index (χ0v) is 22.8. The summed E-state index contributed by atoms with van der Waals surface area (Å²) < 4.78 is 3.52. The Bertz CT molecular complexity index is 1760. The van der Waals surface area contributed by atoms with Gasteiger partial charge >= 0.3 is 0 Å². The highest BCUT2D eigenvalue weighted by atomic mass is 16.2. The lowest BCUT2D eigenvalue weighted by Gasteiger charge is -2.14. The summed E-state index contributed by atoms with van der Waals surface area (Å²) in [6, 6.07) is 25.9. The average Bonchev–Trinajstić information content (AvgIpc) is 3.35. The first-order valence-electron chi connectivity index (χ1n) is 13.6. The molecule has 0 fully saturated rings. The highest BCUT2D eigenvalue weighted by molar-refractivity contribution is 6.05. The van der Waals surface area contributed by atoms with Crippen LogP contribution in [0.2, 0.25) is 0 Å². The van der Waals surface area contributed by atoms with Gasteiger partial charge in [0, 0.05) is 43.2 Å². The van der Waals surface area contributed by atoms with Crippen LogP contribution in [-0.4, -0.2) is 26.2 Å². The molecule has 9 nitrogen and oxygen atoms in total. The molecule has 208 valence electrons. The Labute approximate surface area is 237 Å². The summed E-state index contributed by atoms with van der Waals surface area (Å²) in [7, 11) is 1.75. The van der Waals surface area contributed by atoms with Crippen LogP contribution in [0.4, 0.5) is 17.2 Å². The normalized spacial score (nSPS) is 11.0. The predicted octanol–water partition coefficient (Wildman–Crippen LogP) is 5.44. The number of unbranched alkanes of at least 4 members (excludes halogenated alkanes) is 2. The number of nitrogens with one attached hydrogen (secondary N) is 2. The lowest BCUT2D eigenvalue weighted by Crippen LogP contribution is -2.24. The maximum Gasteiger partial charge on any atom is 0.262 e. The lowest BCUT2D eigenvalue weighted by molar-refractivity contribution is -0.116. The number of hydrogen-bond acceptors (Lipinski definition) is 5. The second-order valence-corrected chi connectivity index (χ2v) is 9.89. The molecule has 0 saturated carbocycles. The number of benzene rings is 3. The summed E-state index contributed by atoms with van der Waals surface area (Å²) in [6.07, 6.45) is 4.28. The van der Waals surface area contributed by atoms with Gasteiger partial charge in [-0.05, 0) is 37.1 Å². The van der Waals surface area contributed by atoms with E-state index in [-0.39, 0.29) is 16.9 Å². The van der Waals surface area contributed by atoms with Crippen molar-refractivity contribution in [3.63, 3.8) is 0 Å². The van der Waals surface area contributed by atoms with Crippen LogP contribution in [0.25, 0.3) is 22.2 Å². The van der Waals surface area contributed by atoms with Gasteiger partial charge in [0.2, 0.25) is 11.3 Å². The van der Waals surface area contributed by atoms with Gasteiger partial charge in [0.15, 0.2) is 0 Å². The Morgan fingerprint density at radius 3 is 2.41 bits per heavy atom. The fraction of sp³-hybridized carbons (Fsp3) is 0.188. The Morgan fingerprint density at radius 2 is 1.61 bits per heavy atom. The van der Waals surface area contributed by atoms with Crippen molar-refractivity contribution >= 4 is 39.9 Å². The molecule has 41 heavy (non-hydrogen) atoms. The number of carbonyl (C=O) groups is 2. The predicted molar refractivity (Wildman–Crippen MR) is 163 cm³/mol. The minimum Gasteiger partial charge on any atom is -0.397 e. The first kappa shape index (κ1) is 27.4. The molecule has 0 aliphatic heterocycles. The average molecular weight is 549 g/mol. The molecule has 2 aromatic heterocycles. The molecule has 0 atom stereocenters. The smallest absolute Gasteiger partial charge is 0.262 e. The molecule has 0 spiro atoms. The van der Waals surface area contributed by atoms with Crippen LogP contribution in [0.15, 0.2) is 95.9 Å². The number of nitrogens with two attached hydrogens (primary N) is 1. The van der Waals surface area contributed by atoms with Crippen LogP contribution < -0.4 is 21.8 Å². The first-order chi connectivity index (χ1) is 19.9. The molecule has 0 aliphatic carbocycles. The molecule has 2 heterocycles. The molecular formula is C32H32N6O3. The number of carbonyl (C=O) groups excluding carboxylic acids is 2. The van der Waals surface area contributed by atoms with Crippen molar-refractivity contribution in [1.82, 2.24) is 14.3 Å². The molecule has 5 aromatic rings. The van der Waals surface area contributed by atoms with Gasteiger partial charge in [0.25, 0.3) is 5.91 Å². The van der Waals surface area contributed by atoms with Gasteiger partial charge < -0.3 is 20.9 Å². The third-order valence-electron chi connectivity index (χ3n) is 6.96. The van der Waals surface area contributed by atoms with E-state index >= 15 is 0 Å². The van der Waals surface area contributed by atoms with Crippen molar-refractivity contribution in [2.24, 2.45) is 7.05 Å². The first-order valence-corrected chi connectivity index (χ1v) is 13.6. The van der Waals surface area contributed by atoms with E-state index in [0.29, 0.717) is 42.0 Å². The second-order valence-electron chi connectivity index (χ2n) is 9.89. The number of rotatable bonds is 10. The lowest BCUT2D eigenvalue weighted by atomic mass is 10.1. The Kier molecular flexibility index (Phi) is 8.24. The fourth-order valence-corrected chi connectivity index (χ4v) is 4.78. The summed E-state index contributed by atoms with van der Waals surface area (Å²) in [5.41, 5.74) is 9.20. The van der Waals surface area contributed by atoms with Crippen molar-refractivity contribution in [3.8, 4) is 11.3 Å². The molecule has 0 bridgehead atoms. The van der Waals surface area contributed by atoms with E-state index < -0.39 is 5.91 Å². The van der Waals surface area contributed by atoms with Gasteiger partial charge in [-0.25, -0.2) is 0 Å². The van der Waals surface area contributed by atoms with E-state index in [2.05, 4.69) is 15.7 Å². The maximum absolute atomic E-state index is 13.3. The molecule has 0 saturated heterocycles. The number of aromatic nitrogens is 3. The maximum atomic E-state index is 13.3. The van der Waals surface area contributed by atoms with Gasteiger partial charge in [-0.3, -0.25) is 19.1 Å². The van der Waals surface area contributed by atoms with E-state index in [1.54, 1.807) is 48.3 Å². The minimum atomic E-state index is -0.492. The van der Waals surface area contributed by atoms with Crippen molar-refractivity contribution in [2.45, 2.75) is 32.2 Å². The Hall–Kier alpha value is -5.18. The number of pyridine rings is 1. The van der Waals surface area contributed by atoms with Crippen molar-refractivity contribution < 1.29 is 9.59 Å². The van der Waals surface area contributed by atoms with E-state index in [1.165, 1.54) is 0 Å². The highest BCUT2D eigenvalue weighted by Crippen LogP contribution is 2.22. The van der Waals surface area contributed by atoms with Gasteiger partial charge in [-0.15, -0.1) is 0 Å². The summed E-state index contributed by atoms with van der Waals surface area (Å²) in [5, 5.41) is 10.7. The van der Waals surface area contributed by atoms with Crippen LogP contribution in [0.3, 0.4) is 0 Å². The Balaban J connectivity index is 1.26. The number of nitrogen functional groups attached to an aromatic ring is 1. The number of fused-ring (bicyclic) bond motifs is 1. The summed E-state index contributed by atoms with van der Waals surface area (Å²) >= 11 is 0. The molecule has 3 aromatic carbocycles. The minimum absolute atomic E-state index is 0.0611. The molecule has 0 aliphatic rings. The van der Waals surface area contributed by atoms with E-state index in [0.717, 1.165) is 29.6 Å². The molecule has 4 N–H and O–H groups in total. The van der Waals surface area contributed by atoms with Crippen LogP contribution in [0.5, 0.6) is 0 Å². The molecule has 9 heteroatoms. The van der Waals surface area contributed by atoms with Crippen LogP contribution in [-0.2, 0) is 18.4 Å². The molecule has 5 rings (SSSR count). The number of amides is 2. The van der Waals surface area contributed by atoms with Gasteiger partial charge in [0.1, 0.15) is 11.4 Å². The van der Waals surface area contributed by atoms with E-state index in [1.807, 2.05) is 59.2 Å². The van der Waals surface area contributed by atoms with Crippen molar-refractivity contribution in [1.29, 1.82) is 0 Å². The SMILES string of the molecule is Cn1nc(-c2ccccc2)cc1NC(=O)c1cn(CCCCCC(=O)Nc2ccccc2N)c2ccccc2c1=O. The molecule has 0 radical (unpaired) electrons. The monoisotopic (exact) mass is 548 g/mol. The Morgan fingerprint density at radius 1 is 0.878 bits per heavy atom. The fourth-order valence-electron chi connectivity index (χ4n) is 4.78. The van der Waals surface area contributed by atoms with E-state index in [9.17, 15) is 14.4 Å². The van der Waals surface area contributed by atoms with Gasteiger partial charge in [-0.2, -0.15) is 5.10 Å². The van der Waals surface area contributed by atoms with Gasteiger partial charge in [-0.1, -0.05) is 61.0 Å². The van der Waals surface area contributed by atoms with Crippen LogP contribution in [0.1, 0.15) is 36.0 Å². The topological polar surface area (TPSA) is 124 Å². The highest BCUT2D eigenvalue weighted by Gasteiger charge is 2.18. The summed E-state index contributed by atoms with van der Waals surface area (Å²) in [6.45, 7) is 0.595. The second kappa shape index (κ2) is 12.3. The van der Waals surface area contributed by atoms with E-state index in [4.69, 9.17) is 5.73 Å². The van der Waals surface area contributed by atoms with Crippen molar-refractivity contribution in [3.05, 3.63) is 107 Å². The third-order valence-corrected chi connectivity index (χ3v) is 6.96. The largest absolute Gasteiger partial charge is 0.397 e.